The highest BCUT2D eigenvalue weighted by molar-refractivity contribution is 9.10. The van der Waals surface area contributed by atoms with Gasteiger partial charge < -0.3 is 14.8 Å². The van der Waals surface area contributed by atoms with Crippen molar-refractivity contribution >= 4 is 27.6 Å². The van der Waals surface area contributed by atoms with Gasteiger partial charge in [0.05, 0.1) is 12.8 Å². The molecule has 1 N–H and O–H groups in total. The van der Waals surface area contributed by atoms with Crippen molar-refractivity contribution in [1.82, 2.24) is 0 Å². The number of hydrogen-bond acceptors (Lipinski definition) is 4. The second-order valence-electron chi connectivity index (χ2n) is 3.95. The molecule has 1 atom stereocenters. The van der Waals surface area contributed by atoms with Crippen LogP contribution in [0.2, 0.25) is 0 Å². The summed E-state index contributed by atoms with van der Waals surface area (Å²) in [6.45, 7) is 0. The van der Waals surface area contributed by atoms with Crippen molar-refractivity contribution < 1.29 is 27.4 Å². The third kappa shape index (κ3) is 2.49. The maximum Gasteiger partial charge on any atom is 0.449 e. The van der Waals surface area contributed by atoms with Crippen LogP contribution in [0.25, 0.3) is 0 Å². The van der Waals surface area contributed by atoms with E-state index in [1.807, 2.05) is 0 Å². The van der Waals surface area contributed by atoms with Crippen LogP contribution in [0.5, 0.6) is 5.75 Å². The zero-order valence-corrected chi connectivity index (χ0v) is 11.3. The van der Waals surface area contributed by atoms with Gasteiger partial charge in [0.15, 0.2) is 0 Å². The fourth-order valence-corrected chi connectivity index (χ4v) is 2.07. The molecule has 19 heavy (non-hydrogen) atoms. The van der Waals surface area contributed by atoms with E-state index in [0.717, 1.165) is 7.11 Å². The third-order valence-corrected chi connectivity index (χ3v) is 3.13. The van der Waals surface area contributed by atoms with Gasteiger partial charge in [0.2, 0.25) is 0 Å². The summed E-state index contributed by atoms with van der Waals surface area (Å²) in [6.07, 6.45) is -5.74. The van der Waals surface area contributed by atoms with Gasteiger partial charge in [-0.25, -0.2) is 0 Å². The van der Waals surface area contributed by atoms with Crippen LogP contribution in [0, 0.1) is 0 Å². The Labute approximate surface area is 115 Å². The first-order chi connectivity index (χ1) is 8.77. The van der Waals surface area contributed by atoms with Crippen molar-refractivity contribution in [2.45, 2.75) is 18.3 Å². The van der Waals surface area contributed by atoms with Crippen LogP contribution >= 0.6 is 15.9 Å². The number of hydrogen-bond donors (Lipinski definition) is 1. The number of benzene rings is 1. The minimum absolute atomic E-state index is 0.0319. The van der Waals surface area contributed by atoms with E-state index < -0.39 is 24.3 Å². The number of nitrogens with one attached hydrogen (secondary N) is 1. The molecule has 0 aromatic heterocycles. The number of ether oxygens (including phenoxy) is 2. The zero-order chi connectivity index (χ0) is 14.3. The fraction of sp³-hybridized carbons (Fsp3) is 0.364. The summed E-state index contributed by atoms with van der Waals surface area (Å²) in [5.74, 6) is -0.985. The average molecular weight is 340 g/mol. The van der Waals surface area contributed by atoms with E-state index in [0.29, 0.717) is 4.47 Å². The summed E-state index contributed by atoms with van der Waals surface area (Å²) in [6, 6.07) is 4.38. The maximum absolute atomic E-state index is 13.2. The van der Waals surface area contributed by atoms with E-state index in [2.05, 4.69) is 26.0 Å². The maximum atomic E-state index is 13.2. The highest BCUT2D eigenvalue weighted by Gasteiger charge is 2.62. The van der Waals surface area contributed by atoms with Gasteiger partial charge in [-0.1, -0.05) is 15.9 Å². The quantitative estimate of drug-likeness (QED) is 0.841. The second-order valence-corrected chi connectivity index (χ2v) is 4.86. The molecule has 1 aliphatic heterocycles. The van der Waals surface area contributed by atoms with Crippen molar-refractivity contribution in [2.75, 3.05) is 12.4 Å². The Kier molecular flexibility index (Phi) is 3.38. The van der Waals surface area contributed by atoms with Crippen LogP contribution in [-0.2, 0) is 9.53 Å². The van der Waals surface area contributed by atoms with Gasteiger partial charge >= 0.3 is 12.1 Å². The first kappa shape index (κ1) is 14.0. The number of carbonyl (C=O) groups is 1. The Balaban J connectivity index is 2.37. The molecule has 1 unspecified atom stereocenters. The third-order valence-electron chi connectivity index (χ3n) is 2.64. The van der Waals surface area contributed by atoms with Gasteiger partial charge in [-0.3, -0.25) is 4.79 Å². The molecule has 0 fully saturated rings. The second kappa shape index (κ2) is 4.59. The molecule has 4 nitrogen and oxygen atoms in total. The molecule has 2 rings (SSSR count). The molecule has 0 saturated carbocycles. The highest BCUT2D eigenvalue weighted by atomic mass is 79.9. The molecule has 8 heteroatoms. The zero-order valence-electron chi connectivity index (χ0n) is 9.68. The van der Waals surface area contributed by atoms with E-state index in [4.69, 9.17) is 4.74 Å². The van der Waals surface area contributed by atoms with Crippen LogP contribution in [0.15, 0.2) is 22.7 Å². The predicted octanol–water partition coefficient (Wildman–Crippen LogP) is 3.08. The van der Waals surface area contributed by atoms with E-state index in [1.54, 1.807) is 6.07 Å². The number of carbonyl (C=O) groups excluding carboxylic acids is 1. The molecule has 1 heterocycles. The molecule has 1 aromatic rings. The minimum atomic E-state index is -4.77. The van der Waals surface area contributed by atoms with Crippen molar-refractivity contribution in [3.63, 3.8) is 0 Å². The summed E-state index contributed by atoms with van der Waals surface area (Å²) in [5.41, 5.74) is -2.63. The topological polar surface area (TPSA) is 47.6 Å². The van der Waals surface area contributed by atoms with E-state index in [-0.39, 0.29) is 11.4 Å². The Morgan fingerprint density at radius 2 is 2.21 bits per heavy atom. The summed E-state index contributed by atoms with van der Waals surface area (Å²) in [7, 11) is 1.02. The summed E-state index contributed by atoms with van der Waals surface area (Å²) >= 11 is 3.15. The van der Waals surface area contributed by atoms with Crippen molar-refractivity contribution in [2.24, 2.45) is 0 Å². The van der Waals surface area contributed by atoms with Crippen LogP contribution in [0.3, 0.4) is 0 Å². The standard InChI is InChI=1S/C11H9BrF3NO3/c1-18-9(17)5-10(11(13,14)15)16-7-4-6(12)2-3-8(7)19-10/h2-4,16H,5H2,1H3. The molecular weight excluding hydrogens is 331 g/mol. The van der Waals surface area contributed by atoms with Gasteiger partial charge in [-0.15, -0.1) is 0 Å². The molecule has 104 valence electrons. The Bertz CT molecular complexity index is 520. The van der Waals surface area contributed by atoms with E-state index in [1.165, 1.54) is 12.1 Å². The molecule has 1 aliphatic rings. The molecular formula is C11H9BrF3NO3. The molecule has 0 spiro atoms. The summed E-state index contributed by atoms with van der Waals surface area (Å²) < 4.78 is 49.3. The van der Waals surface area contributed by atoms with Gasteiger partial charge in [0, 0.05) is 4.47 Å². The Hall–Kier alpha value is -1.44. The number of alkyl halides is 3. The van der Waals surface area contributed by atoms with Crippen molar-refractivity contribution in [1.29, 1.82) is 0 Å². The van der Waals surface area contributed by atoms with Crippen LogP contribution < -0.4 is 10.1 Å². The fourth-order valence-electron chi connectivity index (χ4n) is 1.70. The molecule has 0 bridgehead atoms. The lowest BCUT2D eigenvalue weighted by molar-refractivity contribution is -0.236. The number of methoxy groups -OCH3 is 1. The van der Waals surface area contributed by atoms with Crippen molar-refractivity contribution in [3.8, 4) is 5.75 Å². The van der Waals surface area contributed by atoms with Gasteiger partial charge in [-0.2, -0.15) is 13.2 Å². The van der Waals surface area contributed by atoms with Gasteiger partial charge in [0.25, 0.3) is 5.72 Å². The molecule has 1 aromatic carbocycles. The Morgan fingerprint density at radius 3 is 2.79 bits per heavy atom. The first-order valence-corrected chi connectivity index (χ1v) is 5.97. The molecule has 0 saturated heterocycles. The average Bonchev–Trinajstić information content (AvgIpc) is 2.66. The molecule has 0 radical (unpaired) electrons. The number of anilines is 1. The predicted molar refractivity (Wildman–Crippen MR) is 63.8 cm³/mol. The van der Waals surface area contributed by atoms with Gasteiger partial charge in [0.1, 0.15) is 12.2 Å². The van der Waals surface area contributed by atoms with Crippen LogP contribution in [0.4, 0.5) is 18.9 Å². The lowest BCUT2D eigenvalue weighted by Crippen LogP contribution is -2.55. The first-order valence-electron chi connectivity index (χ1n) is 5.18. The van der Waals surface area contributed by atoms with E-state index in [9.17, 15) is 18.0 Å². The summed E-state index contributed by atoms with van der Waals surface area (Å²) in [4.78, 5) is 11.2. The lowest BCUT2D eigenvalue weighted by Gasteiger charge is -2.30. The summed E-state index contributed by atoms with van der Waals surface area (Å²) in [5, 5.41) is 2.22. The van der Waals surface area contributed by atoms with Crippen molar-refractivity contribution in [3.05, 3.63) is 22.7 Å². The largest absolute Gasteiger partial charge is 0.469 e. The number of rotatable bonds is 2. The highest BCUT2D eigenvalue weighted by Crippen LogP contribution is 2.47. The Morgan fingerprint density at radius 1 is 1.53 bits per heavy atom. The lowest BCUT2D eigenvalue weighted by atomic mass is 10.1. The number of fused-ring (bicyclic) bond motifs is 1. The minimum Gasteiger partial charge on any atom is -0.469 e. The van der Waals surface area contributed by atoms with Gasteiger partial charge in [-0.05, 0) is 18.2 Å². The van der Waals surface area contributed by atoms with Crippen LogP contribution in [0.1, 0.15) is 6.42 Å². The molecule has 0 aliphatic carbocycles. The monoisotopic (exact) mass is 339 g/mol. The number of esters is 1. The van der Waals surface area contributed by atoms with Crippen LogP contribution in [-0.4, -0.2) is 25.0 Å². The SMILES string of the molecule is COC(=O)CC1(C(F)(F)F)Nc2cc(Br)ccc2O1. The van der Waals surface area contributed by atoms with E-state index >= 15 is 0 Å². The smallest absolute Gasteiger partial charge is 0.449 e. The normalized spacial score (nSPS) is 21.3. The molecule has 0 amide bonds. The number of halogens is 4.